The van der Waals surface area contributed by atoms with Crippen molar-refractivity contribution in [1.82, 2.24) is 5.32 Å². The molecule has 0 aromatic rings. The van der Waals surface area contributed by atoms with Crippen LogP contribution in [0, 0.1) is 0 Å². The lowest BCUT2D eigenvalue weighted by molar-refractivity contribution is -0.135. The van der Waals surface area contributed by atoms with E-state index in [-0.39, 0.29) is 5.97 Å². The van der Waals surface area contributed by atoms with Gasteiger partial charge < -0.3 is 15.8 Å². The Kier molecular flexibility index (Phi) is 2.15. The monoisotopic (exact) mass is 154 g/mol. The van der Waals surface area contributed by atoms with Gasteiger partial charge >= 0.3 is 5.97 Å². The van der Waals surface area contributed by atoms with E-state index >= 15 is 0 Å². The number of hydrogen-bond acceptors (Lipinski definition) is 4. The average Bonchev–Trinajstić information content (AvgIpc) is 2.04. The van der Waals surface area contributed by atoms with Gasteiger partial charge in [0, 0.05) is 12.7 Å². The fourth-order valence-electron chi connectivity index (χ4n) is 0.837. The molecule has 1 aliphatic heterocycles. The second-order valence-electron chi connectivity index (χ2n) is 2.12. The third-order valence-electron chi connectivity index (χ3n) is 1.40. The molecule has 0 saturated carbocycles. The van der Waals surface area contributed by atoms with Crippen molar-refractivity contribution in [1.29, 1.82) is 0 Å². The van der Waals surface area contributed by atoms with Gasteiger partial charge in [0.2, 0.25) is 0 Å². The van der Waals surface area contributed by atoms with Crippen molar-refractivity contribution < 1.29 is 9.53 Å². The van der Waals surface area contributed by atoms with E-state index < -0.39 is 0 Å². The van der Waals surface area contributed by atoms with E-state index in [9.17, 15) is 4.79 Å². The van der Waals surface area contributed by atoms with Gasteiger partial charge in [-0.25, -0.2) is 4.79 Å². The van der Waals surface area contributed by atoms with Crippen molar-refractivity contribution in [3.8, 4) is 0 Å². The topological polar surface area (TPSA) is 64.3 Å². The molecular weight excluding hydrogens is 144 g/mol. The summed E-state index contributed by atoms with van der Waals surface area (Å²) in [6, 6.07) is 0. The molecule has 0 spiro atoms. The summed E-state index contributed by atoms with van der Waals surface area (Å²) in [4.78, 5) is 10.9. The van der Waals surface area contributed by atoms with Gasteiger partial charge in [0.1, 0.15) is 0 Å². The molecule has 0 bridgehead atoms. The van der Waals surface area contributed by atoms with Crippen molar-refractivity contribution >= 4 is 5.97 Å². The van der Waals surface area contributed by atoms with Crippen LogP contribution in [0.5, 0.6) is 0 Å². The first-order valence-corrected chi connectivity index (χ1v) is 3.23. The van der Waals surface area contributed by atoms with Gasteiger partial charge in [0.05, 0.1) is 18.4 Å². The largest absolute Gasteiger partial charge is 0.465 e. The third-order valence-corrected chi connectivity index (χ3v) is 1.40. The molecule has 4 heteroatoms. The molecule has 0 amide bonds. The summed E-state index contributed by atoms with van der Waals surface area (Å²) in [7, 11) is 1.33. The number of nitrogens with two attached hydrogens (primary N) is 1. The van der Waals surface area contributed by atoms with Gasteiger partial charge in [0.15, 0.2) is 0 Å². The van der Waals surface area contributed by atoms with E-state index in [1.165, 1.54) is 7.11 Å². The van der Waals surface area contributed by atoms with Crippen LogP contribution in [0.1, 0.15) is 0 Å². The first kappa shape index (κ1) is 7.65. The molecule has 0 aromatic carbocycles. The Morgan fingerprint density at radius 1 is 1.82 bits per heavy atom. The normalized spacial score (nSPS) is 16.1. The molecule has 60 valence electrons. The zero-order valence-corrected chi connectivity index (χ0v) is 6.26. The second kappa shape index (κ2) is 3.09. The minimum absolute atomic E-state index is 0.389. The Morgan fingerprint density at radius 2 is 2.55 bits per heavy atom. The summed E-state index contributed by atoms with van der Waals surface area (Å²) >= 11 is 0. The highest BCUT2D eigenvalue weighted by Crippen LogP contribution is 2.07. The number of rotatable bonds is 1. The molecule has 1 heterocycles. The zero-order valence-electron chi connectivity index (χ0n) is 6.26. The van der Waals surface area contributed by atoms with E-state index in [1.807, 2.05) is 0 Å². The van der Waals surface area contributed by atoms with Gasteiger partial charge in [-0.05, 0) is 6.08 Å². The summed E-state index contributed by atoms with van der Waals surface area (Å²) in [6.07, 6.45) is 3.29. The fourth-order valence-corrected chi connectivity index (χ4v) is 0.837. The highest BCUT2D eigenvalue weighted by Gasteiger charge is 2.13. The van der Waals surface area contributed by atoms with Crippen LogP contribution in [0.2, 0.25) is 0 Å². The maximum absolute atomic E-state index is 10.9. The van der Waals surface area contributed by atoms with Crippen LogP contribution in [0.3, 0.4) is 0 Å². The van der Waals surface area contributed by atoms with Crippen LogP contribution in [-0.2, 0) is 9.53 Å². The Bertz CT molecular complexity index is 231. The highest BCUT2D eigenvalue weighted by atomic mass is 16.5. The summed E-state index contributed by atoms with van der Waals surface area (Å²) in [6.45, 7) is 0.616. The molecular formula is C7H10N2O2. The lowest BCUT2D eigenvalue weighted by Gasteiger charge is -2.10. The number of ether oxygens (including phenoxy) is 1. The first-order valence-electron chi connectivity index (χ1n) is 3.23. The van der Waals surface area contributed by atoms with Crippen LogP contribution < -0.4 is 11.1 Å². The molecule has 0 radical (unpaired) electrons. The maximum atomic E-state index is 10.9. The molecule has 0 atom stereocenters. The van der Waals surface area contributed by atoms with Crippen LogP contribution >= 0.6 is 0 Å². The Balaban J connectivity index is 2.78. The third kappa shape index (κ3) is 1.52. The van der Waals surface area contributed by atoms with Crippen LogP contribution in [-0.4, -0.2) is 19.6 Å². The van der Waals surface area contributed by atoms with E-state index in [0.717, 1.165) is 0 Å². The molecule has 4 nitrogen and oxygen atoms in total. The quantitative estimate of drug-likeness (QED) is 0.499. The summed E-state index contributed by atoms with van der Waals surface area (Å²) < 4.78 is 4.50. The number of hydrogen-bond donors (Lipinski definition) is 2. The minimum Gasteiger partial charge on any atom is -0.465 e. The number of dihydropyridines is 1. The van der Waals surface area contributed by atoms with Crippen molar-refractivity contribution in [2.24, 2.45) is 5.73 Å². The summed E-state index contributed by atoms with van der Waals surface area (Å²) in [5.41, 5.74) is 6.34. The fraction of sp³-hybridized carbons (Fsp3) is 0.286. The Hall–Kier alpha value is -1.45. The van der Waals surface area contributed by atoms with Crippen molar-refractivity contribution in [2.75, 3.05) is 13.7 Å². The van der Waals surface area contributed by atoms with Crippen molar-refractivity contribution in [3.05, 3.63) is 23.5 Å². The maximum Gasteiger partial charge on any atom is 0.339 e. The number of nitrogens with one attached hydrogen (secondary N) is 1. The molecule has 3 N–H and O–H groups in total. The molecule has 0 fully saturated rings. The van der Waals surface area contributed by atoms with Gasteiger partial charge in [-0.3, -0.25) is 0 Å². The van der Waals surface area contributed by atoms with Gasteiger partial charge in [-0.15, -0.1) is 0 Å². The Labute approximate surface area is 64.7 Å². The van der Waals surface area contributed by atoms with E-state index in [0.29, 0.717) is 17.8 Å². The minimum atomic E-state index is -0.389. The van der Waals surface area contributed by atoms with Crippen LogP contribution in [0.25, 0.3) is 0 Å². The molecule has 0 aliphatic carbocycles. The highest BCUT2D eigenvalue weighted by molar-refractivity contribution is 5.93. The van der Waals surface area contributed by atoms with Gasteiger partial charge in [0.25, 0.3) is 0 Å². The van der Waals surface area contributed by atoms with Crippen molar-refractivity contribution in [3.63, 3.8) is 0 Å². The number of methoxy groups -OCH3 is 1. The molecule has 11 heavy (non-hydrogen) atoms. The lowest BCUT2D eigenvalue weighted by Crippen LogP contribution is -2.22. The zero-order chi connectivity index (χ0) is 8.27. The van der Waals surface area contributed by atoms with E-state index in [2.05, 4.69) is 10.1 Å². The number of carbonyl (C=O) groups is 1. The van der Waals surface area contributed by atoms with Gasteiger partial charge in [-0.2, -0.15) is 0 Å². The van der Waals surface area contributed by atoms with Crippen LogP contribution in [0.15, 0.2) is 23.5 Å². The smallest absolute Gasteiger partial charge is 0.339 e. The van der Waals surface area contributed by atoms with Crippen LogP contribution in [0.4, 0.5) is 0 Å². The number of esters is 1. The summed E-state index contributed by atoms with van der Waals surface area (Å²) in [5, 5.41) is 2.87. The van der Waals surface area contributed by atoms with E-state index in [4.69, 9.17) is 5.73 Å². The standard InChI is InChI=1S/C7H10N2O2/c1-11-7(10)5-2-3-9-4-6(5)8/h2,4,9H,3,8H2,1H3. The molecule has 0 saturated heterocycles. The second-order valence-corrected chi connectivity index (χ2v) is 2.12. The predicted molar refractivity (Wildman–Crippen MR) is 40.4 cm³/mol. The molecule has 0 unspecified atom stereocenters. The Morgan fingerprint density at radius 3 is 3.09 bits per heavy atom. The SMILES string of the molecule is COC(=O)C1=CCNC=C1N. The molecule has 1 rings (SSSR count). The van der Waals surface area contributed by atoms with Crippen molar-refractivity contribution in [2.45, 2.75) is 0 Å². The van der Waals surface area contributed by atoms with E-state index in [1.54, 1.807) is 12.3 Å². The lowest BCUT2D eigenvalue weighted by atomic mass is 10.1. The molecule has 0 aromatic heterocycles. The summed E-state index contributed by atoms with van der Waals surface area (Å²) in [5.74, 6) is -0.389. The van der Waals surface area contributed by atoms with Gasteiger partial charge in [-0.1, -0.05) is 0 Å². The number of carbonyl (C=O) groups excluding carboxylic acids is 1. The molecule has 1 aliphatic rings. The predicted octanol–water partition coefficient (Wildman–Crippen LogP) is -0.511. The average molecular weight is 154 g/mol. The first-order chi connectivity index (χ1) is 5.25.